The van der Waals surface area contributed by atoms with Gasteiger partial charge in [-0.3, -0.25) is 19.7 Å². The molecule has 0 spiro atoms. The zero-order valence-corrected chi connectivity index (χ0v) is 17.8. The average Bonchev–Trinajstić information content (AvgIpc) is 2.80. The van der Waals surface area contributed by atoms with E-state index in [2.05, 4.69) is 10.6 Å². The van der Waals surface area contributed by atoms with Crippen LogP contribution in [0.5, 0.6) is 0 Å². The molecule has 33 heavy (non-hydrogen) atoms. The van der Waals surface area contributed by atoms with Gasteiger partial charge in [-0.25, -0.2) is 4.79 Å². The fourth-order valence-electron chi connectivity index (χ4n) is 3.38. The number of likely N-dealkylation sites (tertiary alicyclic amines) is 1. The van der Waals surface area contributed by atoms with Crippen LogP contribution in [-0.2, 0) is 14.3 Å². The molecule has 2 atom stereocenters. The van der Waals surface area contributed by atoms with Crippen molar-refractivity contribution in [3.8, 4) is 0 Å². The van der Waals surface area contributed by atoms with Crippen molar-refractivity contribution < 1.29 is 28.4 Å². The highest BCUT2D eigenvalue weighted by molar-refractivity contribution is 5.95. The van der Waals surface area contributed by atoms with Crippen LogP contribution in [0, 0.1) is 21.8 Å². The first-order valence-electron chi connectivity index (χ1n) is 10.3. The third kappa shape index (κ3) is 6.25. The SMILES string of the molecule is CC(OC(=O)C1CCCN(C(=O)Nc2ccccc2)C1)C(=O)Nc1ccc(F)c([N+](=O)[O-])c1. The van der Waals surface area contributed by atoms with Crippen molar-refractivity contribution in [1.82, 2.24) is 4.90 Å². The fraction of sp³-hybridized carbons (Fsp3) is 0.318. The van der Waals surface area contributed by atoms with Gasteiger partial charge in [0, 0.05) is 30.5 Å². The van der Waals surface area contributed by atoms with Gasteiger partial charge in [0.05, 0.1) is 10.8 Å². The molecule has 174 valence electrons. The first kappa shape index (κ1) is 23.6. The Hall–Kier alpha value is -4.02. The number of nitro benzene ring substituents is 1. The zero-order valence-electron chi connectivity index (χ0n) is 17.8. The molecule has 11 heteroatoms. The van der Waals surface area contributed by atoms with Gasteiger partial charge in [-0.2, -0.15) is 4.39 Å². The number of nitrogens with zero attached hydrogens (tertiary/aromatic N) is 2. The van der Waals surface area contributed by atoms with Crippen molar-refractivity contribution in [2.24, 2.45) is 5.92 Å². The number of nitro groups is 1. The molecule has 2 aromatic rings. The van der Waals surface area contributed by atoms with Crippen LogP contribution in [0.3, 0.4) is 0 Å². The summed E-state index contributed by atoms with van der Waals surface area (Å²) in [6, 6.07) is 11.5. The Morgan fingerprint density at radius 3 is 2.58 bits per heavy atom. The molecule has 0 aliphatic carbocycles. The summed E-state index contributed by atoms with van der Waals surface area (Å²) in [7, 11) is 0. The van der Waals surface area contributed by atoms with Gasteiger partial charge in [-0.15, -0.1) is 0 Å². The van der Waals surface area contributed by atoms with Gasteiger partial charge in [0.2, 0.25) is 5.82 Å². The molecule has 1 saturated heterocycles. The molecular formula is C22H23FN4O6. The summed E-state index contributed by atoms with van der Waals surface area (Å²) >= 11 is 0. The first-order valence-corrected chi connectivity index (χ1v) is 10.3. The summed E-state index contributed by atoms with van der Waals surface area (Å²) in [6.07, 6.45) is -0.0935. The van der Waals surface area contributed by atoms with Gasteiger partial charge < -0.3 is 20.3 Å². The van der Waals surface area contributed by atoms with Gasteiger partial charge in [-0.1, -0.05) is 18.2 Å². The Bertz CT molecular complexity index is 1050. The third-order valence-corrected chi connectivity index (χ3v) is 5.14. The van der Waals surface area contributed by atoms with Crippen LogP contribution in [0.2, 0.25) is 0 Å². The van der Waals surface area contributed by atoms with Gasteiger partial charge in [0.1, 0.15) is 0 Å². The van der Waals surface area contributed by atoms with Crippen molar-refractivity contribution in [1.29, 1.82) is 0 Å². The number of rotatable bonds is 6. The molecular weight excluding hydrogens is 435 g/mol. The Morgan fingerprint density at radius 2 is 1.88 bits per heavy atom. The molecule has 2 N–H and O–H groups in total. The van der Waals surface area contributed by atoms with Crippen molar-refractivity contribution in [2.75, 3.05) is 23.7 Å². The highest BCUT2D eigenvalue weighted by Gasteiger charge is 2.31. The number of carbonyl (C=O) groups is 3. The average molecular weight is 458 g/mol. The Morgan fingerprint density at radius 1 is 1.15 bits per heavy atom. The number of para-hydroxylation sites is 1. The lowest BCUT2D eigenvalue weighted by molar-refractivity contribution is -0.387. The van der Waals surface area contributed by atoms with E-state index in [0.29, 0.717) is 25.1 Å². The van der Waals surface area contributed by atoms with E-state index in [-0.39, 0.29) is 18.3 Å². The maximum Gasteiger partial charge on any atom is 0.321 e. The van der Waals surface area contributed by atoms with Crippen LogP contribution in [0.15, 0.2) is 48.5 Å². The highest BCUT2D eigenvalue weighted by Crippen LogP contribution is 2.23. The second-order valence-electron chi connectivity index (χ2n) is 7.57. The summed E-state index contributed by atoms with van der Waals surface area (Å²) in [5.41, 5.74) is -0.149. The quantitative estimate of drug-likeness (QED) is 0.387. The molecule has 0 radical (unpaired) electrons. The second-order valence-corrected chi connectivity index (χ2v) is 7.57. The number of amides is 3. The topological polar surface area (TPSA) is 131 Å². The predicted molar refractivity (Wildman–Crippen MR) is 117 cm³/mol. The number of nitrogens with one attached hydrogen (secondary N) is 2. The van der Waals surface area contributed by atoms with E-state index in [1.54, 1.807) is 24.3 Å². The molecule has 2 unspecified atom stereocenters. The number of halogens is 1. The summed E-state index contributed by atoms with van der Waals surface area (Å²) < 4.78 is 18.7. The standard InChI is InChI=1S/C22H23FN4O6/c1-14(20(28)24-17-9-10-18(23)19(12-17)27(31)32)33-21(29)15-6-5-11-26(13-15)22(30)25-16-7-3-2-4-8-16/h2-4,7-10,12,14-15H,5-6,11,13H2,1H3,(H,24,28)(H,25,30). The van der Waals surface area contributed by atoms with Crippen molar-refractivity contribution in [2.45, 2.75) is 25.9 Å². The summed E-state index contributed by atoms with van der Waals surface area (Å²) in [4.78, 5) is 48.9. The van der Waals surface area contributed by atoms with Crippen LogP contribution in [0.25, 0.3) is 0 Å². The Labute approximate surface area is 188 Å². The smallest absolute Gasteiger partial charge is 0.321 e. The van der Waals surface area contributed by atoms with Crippen LogP contribution >= 0.6 is 0 Å². The van der Waals surface area contributed by atoms with E-state index in [4.69, 9.17) is 4.74 Å². The lowest BCUT2D eigenvalue weighted by Gasteiger charge is -2.32. The van der Waals surface area contributed by atoms with Crippen molar-refractivity contribution >= 4 is 35.0 Å². The minimum Gasteiger partial charge on any atom is -0.452 e. The van der Waals surface area contributed by atoms with E-state index in [9.17, 15) is 28.9 Å². The Kier molecular flexibility index (Phi) is 7.54. The number of hydrogen-bond donors (Lipinski definition) is 2. The summed E-state index contributed by atoms with van der Waals surface area (Å²) in [6.45, 7) is 1.99. The first-order chi connectivity index (χ1) is 15.7. The molecule has 0 bridgehead atoms. The van der Waals surface area contributed by atoms with Crippen LogP contribution in [0.1, 0.15) is 19.8 Å². The molecule has 0 aromatic heterocycles. The van der Waals surface area contributed by atoms with E-state index < -0.39 is 40.3 Å². The van der Waals surface area contributed by atoms with E-state index in [1.807, 2.05) is 6.07 Å². The summed E-state index contributed by atoms with van der Waals surface area (Å²) in [5.74, 6) is -2.98. The van der Waals surface area contributed by atoms with E-state index in [0.717, 1.165) is 12.1 Å². The molecule has 0 saturated carbocycles. The van der Waals surface area contributed by atoms with Gasteiger partial charge in [-0.05, 0) is 44.0 Å². The molecule has 1 fully saturated rings. The second kappa shape index (κ2) is 10.5. The van der Waals surface area contributed by atoms with E-state index >= 15 is 0 Å². The van der Waals surface area contributed by atoms with E-state index in [1.165, 1.54) is 17.9 Å². The fourth-order valence-corrected chi connectivity index (χ4v) is 3.38. The number of ether oxygens (including phenoxy) is 1. The predicted octanol–water partition coefficient (Wildman–Crippen LogP) is 3.55. The normalized spacial score (nSPS) is 16.4. The number of piperidine rings is 1. The monoisotopic (exact) mass is 458 g/mol. The molecule has 2 aromatic carbocycles. The van der Waals surface area contributed by atoms with Crippen molar-refractivity contribution in [3.63, 3.8) is 0 Å². The number of anilines is 2. The highest BCUT2D eigenvalue weighted by atomic mass is 19.1. The zero-order chi connectivity index (χ0) is 24.0. The molecule has 3 amide bonds. The minimum absolute atomic E-state index is 0.00239. The number of esters is 1. The summed E-state index contributed by atoms with van der Waals surface area (Å²) in [5, 5.41) is 16.0. The molecule has 1 aliphatic heterocycles. The number of carbonyl (C=O) groups excluding carboxylic acids is 3. The maximum absolute atomic E-state index is 13.4. The van der Waals surface area contributed by atoms with Crippen molar-refractivity contribution in [3.05, 3.63) is 64.5 Å². The lowest BCUT2D eigenvalue weighted by atomic mass is 9.98. The molecule has 1 heterocycles. The third-order valence-electron chi connectivity index (χ3n) is 5.14. The van der Waals surface area contributed by atoms with Crippen LogP contribution in [0.4, 0.5) is 26.2 Å². The molecule has 1 aliphatic rings. The number of hydrogen-bond acceptors (Lipinski definition) is 6. The van der Waals surface area contributed by atoms with Gasteiger partial charge in [0.25, 0.3) is 5.91 Å². The van der Waals surface area contributed by atoms with Crippen LogP contribution < -0.4 is 10.6 Å². The van der Waals surface area contributed by atoms with Gasteiger partial charge >= 0.3 is 17.7 Å². The Balaban J connectivity index is 1.54. The minimum atomic E-state index is -1.20. The lowest BCUT2D eigenvalue weighted by Crippen LogP contribution is -2.45. The molecule has 3 rings (SSSR count). The largest absolute Gasteiger partial charge is 0.452 e. The molecule has 10 nitrogen and oxygen atoms in total. The number of benzene rings is 2. The maximum atomic E-state index is 13.4. The van der Waals surface area contributed by atoms with Gasteiger partial charge in [0.15, 0.2) is 6.10 Å². The number of urea groups is 1. The van der Waals surface area contributed by atoms with Crippen LogP contribution in [-0.4, -0.2) is 46.9 Å².